The zero-order valence-corrected chi connectivity index (χ0v) is 19.1. The minimum atomic E-state index is -0.795. The molecule has 3 aromatic rings. The van der Waals surface area contributed by atoms with Gasteiger partial charge in [-0.15, -0.1) is 0 Å². The fourth-order valence-electron chi connectivity index (χ4n) is 3.18. The monoisotopic (exact) mass is 446 g/mol. The van der Waals surface area contributed by atoms with Crippen molar-refractivity contribution >= 4 is 11.7 Å². The van der Waals surface area contributed by atoms with Crippen LogP contribution in [-0.2, 0) is 22.7 Å². The second-order valence-electron chi connectivity index (χ2n) is 7.97. The predicted octanol–water partition coefficient (Wildman–Crippen LogP) is 4.61. The number of aryl methyl sites for hydroxylation is 1. The summed E-state index contributed by atoms with van der Waals surface area (Å²) in [6.07, 6.45) is 0.632. The van der Waals surface area contributed by atoms with Gasteiger partial charge < -0.3 is 19.6 Å². The average Bonchev–Trinajstić information content (AvgIpc) is 2.82. The van der Waals surface area contributed by atoms with Crippen LogP contribution in [0.15, 0.2) is 84.0 Å². The molecule has 0 bridgehead atoms. The Bertz CT molecular complexity index is 1050. The lowest BCUT2D eigenvalue weighted by atomic mass is 10.0. The molecule has 0 heterocycles. The second kappa shape index (κ2) is 12.4. The Labute approximate surface area is 195 Å². The molecule has 0 atom stereocenters. The quantitative estimate of drug-likeness (QED) is 0.250. The van der Waals surface area contributed by atoms with E-state index in [-0.39, 0.29) is 6.42 Å². The molecule has 33 heavy (non-hydrogen) atoms. The summed E-state index contributed by atoms with van der Waals surface area (Å²) in [6.45, 7) is 1.70. The van der Waals surface area contributed by atoms with E-state index in [1.54, 1.807) is 0 Å². The molecule has 6 heteroatoms. The van der Waals surface area contributed by atoms with Gasteiger partial charge in [-0.25, -0.2) is 0 Å². The molecule has 0 radical (unpaired) electrons. The molecule has 172 valence electrons. The number of hydrogen-bond donors (Lipinski definition) is 1. The van der Waals surface area contributed by atoms with E-state index >= 15 is 0 Å². The van der Waals surface area contributed by atoms with E-state index in [1.807, 2.05) is 91.8 Å². The summed E-state index contributed by atoms with van der Waals surface area (Å²) in [5, 5.41) is 13.3. The average molecular weight is 447 g/mol. The lowest BCUT2D eigenvalue weighted by Crippen LogP contribution is -2.17. The highest BCUT2D eigenvalue weighted by atomic mass is 16.6. The maximum Gasteiger partial charge on any atom is 0.303 e. The maximum absolute atomic E-state index is 10.7. The number of carbonyl (C=O) groups is 1. The number of rotatable bonds is 12. The van der Waals surface area contributed by atoms with Crippen molar-refractivity contribution in [3.05, 3.63) is 101 Å². The Hall–Kier alpha value is -3.64. The van der Waals surface area contributed by atoms with E-state index in [4.69, 9.17) is 14.7 Å². The first-order valence-corrected chi connectivity index (χ1v) is 10.9. The summed E-state index contributed by atoms with van der Waals surface area (Å²) >= 11 is 0. The molecule has 0 aliphatic rings. The minimum absolute atomic E-state index is 0.122. The lowest BCUT2D eigenvalue weighted by Gasteiger charge is -2.12. The number of aliphatic carboxylic acids is 1. The molecule has 0 aliphatic heterocycles. The van der Waals surface area contributed by atoms with Crippen LogP contribution in [0, 0.1) is 0 Å². The largest absolute Gasteiger partial charge is 0.489 e. The van der Waals surface area contributed by atoms with Gasteiger partial charge in [0.05, 0.1) is 0 Å². The highest BCUT2D eigenvalue weighted by Gasteiger charge is 2.09. The third-order valence-corrected chi connectivity index (χ3v) is 4.99. The third kappa shape index (κ3) is 8.09. The Morgan fingerprint density at radius 2 is 1.64 bits per heavy atom. The number of oxime groups is 1. The molecule has 3 aromatic carbocycles. The van der Waals surface area contributed by atoms with Crippen molar-refractivity contribution in [1.29, 1.82) is 0 Å². The fraction of sp³-hybridized carbons (Fsp3) is 0.259. The molecule has 0 spiro atoms. The molecule has 0 amide bonds. The van der Waals surface area contributed by atoms with Gasteiger partial charge in [0.25, 0.3) is 0 Å². The molecule has 0 saturated carbocycles. The van der Waals surface area contributed by atoms with Gasteiger partial charge in [-0.2, -0.15) is 0 Å². The first-order valence-electron chi connectivity index (χ1n) is 10.9. The summed E-state index contributed by atoms with van der Waals surface area (Å²) < 4.78 is 5.95. The van der Waals surface area contributed by atoms with Crippen LogP contribution in [0.5, 0.6) is 5.75 Å². The van der Waals surface area contributed by atoms with Gasteiger partial charge in [0, 0.05) is 24.1 Å². The Kier molecular flexibility index (Phi) is 9.03. The van der Waals surface area contributed by atoms with Crippen LogP contribution < -0.4 is 4.74 Å². The summed E-state index contributed by atoms with van der Waals surface area (Å²) in [6, 6.07) is 25.6. The molecule has 6 nitrogen and oxygen atoms in total. The van der Waals surface area contributed by atoms with Crippen molar-refractivity contribution < 1.29 is 19.5 Å². The zero-order chi connectivity index (χ0) is 23.5. The van der Waals surface area contributed by atoms with Crippen molar-refractivity contribution in [3.63, 3.8) is 0 Å². The lowest BCUT2D eigenvalue weighted by molar-refractivity contribution is -0.136. The summed E-state index contributed by atoms with van der Waals surface area (Å²) in [5.41, 5.74) is 4.71. The molecular weight excluding hydrogens is 416 g/mol. The van der Waals surface area contributed by atoms with Gasteiger partial charge in [0.15, 0.2) is 0 Å². The number of ether oxygens (including phenoxy) is 1. The van der Waals surface area contributed by atoms with Crippen LogP contribution in [0.25, 0.3) is 0 Å². The molecule has 0 aromatic heterocycles. The highest BCUT2D eigenvalue weighted by molar-refractivity contribution is 6.12. The van der Waals surface area contributed by atoms with Gasteiger partial charge in [0.1, 0.15) is 24.7 Å². The smallest absolute Gasteiger partial charge is 0.303 e. The fourth-order valence-corrected chi connectivity index (χ4v) is 3.18. The van der Waals surface area contributed by atoms with E-state index in [9.17, 15) is 4.79 Å². The summed E-state index contributed by atoms with van der Waals surface area (Å²) in [7, 11) is 4.00. The molecule has 0 fully saturated rings. The SMILES string of the molecule is CN(C)CCO/N=C(/c1ccccc1)c1cccc(COc2ccc(CCC(=O)O)cc2)c1. The topological polar surface area (TPSA) is 71.4 Å². The highest BCUT2D eigenvalue weighted by Crippen LogP contribution is 2.18. The first-order chi connectivity index (χ1) is 16.0. The number of carboxylic acid groups (broad SMARTS) is 1. The number of likely N-dealkylation sites (N-methyl/N-ethyl adjacent to an activating group) is 1. The molecule has 0 aliphatic carbocycles. The van der Waals surface area contributed by atoms with Gasteiger partial charge in [0.2, 0.25) is 0 Å². The Morgan fingerprint density at radius 3 is 2.33 bits per heavy atom. The van der Waals surface area contributed by atoms with E-state index in [2.05, 4.69) is 11.2 Å². The normalized spacial score (nSPS) is 11.4. The standard InChI is InChI=1S/C27H30N2O4/c1-29(2)17-18-33-28-27(23-8-4-3-5-9-23)24-10-6-7-22(19-24)20-32-25-14-11-21(12-15-25)13-16-26(30)31/h3-12,14-15,19H,13,16-18,20H2,1-2H3,(H,30,31)/b28-27-. The Morgan fingerprint density at radius 1 is 0.909 bits per heavy atom. The van der Waals surface area contributed by atoms with E-state index in [0.717, 1.165) is 40.3 Å². The molecular formula is C27H30N2O4. The van der Waals surface area contributed by atoms with Crippen molar-refractivity contribution in [2.45, 2.75) is 19.4 Å². The van der Waals surface area contributed by atoms with Crippen molar-refractivity contribution in [3.8, 4) is 5.75 Å². The van der Waals surface area contributed by atoms with E-state index in [0.29, 0.717) is 19.6 Å². The molecule has 3 rings (SSSR count). The van der Waals surface area contributed by atoms with Crippen LogP contribution in [0.2, 0.25) is 0 Å². The van der Waals surface area contributed by atoms with Crippen LogP contribution in [-0.4, -0.2) is 48.9 Å². The number of hydrogen-bond acceptors (Lipinski definition) is 5. The van der Waals surface area contributed by atoms with Gasteiger partial charge in [-0.05, 0) is 49.8 Å². The third-order valence-electron chi connectivity index (χ3n) is 4.99. The van der Waals surface area contributed by atoms with Gasteiger partial charge in [-0.1, -0.05) is 65.8 Å². The van der Waals surface area contributed by atoms with E-state index in [1.165, 1.54) is 0 Å². The predicted molar refractivity (Wildman–Crippen MR) is 130 cm³/mol. The first kappa shape index (κ1) is 24.0. The van der Waals surface area contributed by atoms with Gasteiger partial charge >= 0.3 is 5.97 Å². The summed E-state index contributed by atoms with van der Waals surface area (Å²) in [4.78, 5) is 18.4. The molecule has 0 saturated heterocycles. The van der Waals surface area contributed by atoms with Crippen LogP contribution in [0.4, 0.5) is 0 Å². The summed E-state index contributed by atoms with van der Waals surface area (Å²) in [5.74, 6) is -0.0554. The Balaban J connectivity index is 1.69. The number of benzene rings is 3. The molecule has 0 unspecified atom stereocenters. The van der Waals surface area contributed by atoms with Crippen molar-refractivity contribution in [2.75, 3.05) is 27.2 Å². The van der Waals surface area contributed by atoms with Crippen molar-refractivity contribution in [2.24, 2.45) is 5.16 Å². The number of nitrogens with zero attached hydrogens (tertiary/aromatic N) is 2. The van der Waals surface area contributed by atoms with E-state index < -0.39 is 5.97 Å². The molecule has 1 N–H and O–H groups in total. The van der Waals surface area contributed by atoms with Crippen LogP contribution in [0.3, 0.4) is 0 Å². The van der Waals surface area contributed by atoms with Crippen molar-refractivity contribution in [1.82, 2.24) is 4.90 Å². The maximum atomic E-state index is 10.7. The second-order valence-corrected chi connectivity index (χ2v) is 7.97. The zero-order valence-electron chi connectivity index (χ0n) is 19.1. The minimum Gasteiger partial charge on any atom is -0.489 e. The van der Waals surface area contributed by atoms with Gasteiger partial charge in [-0.3, -0.25) is 4.79 Å². The number of carboxylic acids is 1. The van der Waals surface area contributed by atoms with Crippen LogP contribution in [0.1, 0.15) is 28.7 Å². The van der Waals surface area contributed by atoms with Crippen LogP contribution >= 0.6 is 0 Å².